The highest BCUT2D eigenvalue weighted by atomic mass is 35.5. The number of fused-ring (bicyclic) bond motifs is 1. The Morgan fingerprint density at radius 3 is 2.43 bits per heavy atom. The lowest BCUT2D eigenvalue weighted by atomic mass is 10.2. The molecule has 0 radical (unpaired) electrons. The van der Waals surface area contributed by atoms with E-state index in [0.29, 0.717) is 5.75 Å². The molecule has 2 aromatic carbocycles. The van der Waals surface area contributed by atoms with Crippen LogP contribution in [0.1, 0.15) is 0 Å². The summed E-state index contributed by atoms with van der Waals surface area (Å²) in [4.78, 5) is 12.3. The first-order chi connectivity index (χ1) is 13.2. The van der Waals surface area contributed by atoms with Crippen LogP contribution < -0.4 is 29.6 Å². The number of halogens is 4. The highest BCUT2D eigenvalue weighted by molar-refractivity contribution is 6.30. The monoisotopic (exact) mass is 418 g/mol. The van der Waals surface area contributed by atoms with Crippen molar-refractivity contribution in [2.75, 3.05) is 19.5 Å². The second-order valence-electron chi connectivity index (χ2n) is 5.55. The molecule has 1 atom stereocenters. The fourth-order valence-corrected chi connectivity index (χ4v) is 2.58. The Morgan fingerprint density at radius 1 is 1.07 bits per heavy atom. The van der Waals surface area contributed by atoms with Gasteiger partial charge in [0.1, 0.15) is 11.5 Å². The van der Waals surface area contributed by atoms with E-state index in [0.717, 1.165) is 6.07 Å². The molecule has 28 heavy (non-hydrogen) atoms. The zero-order valence-electron chi connectivity index (χ0n) is 14.5. The molecule has 0 fully saturated rings. The number of amides is 2. The molecule has 11 heteroatoms. The first kappa shape index (κ1) is 19.7. The van der Waals surface area contributed by atoms with Gasteiger partial charge in [-0.05, 0) is 24.3 Å². The number of ether oxygens (including phenoxy) is 4. The largest absolute Gasteiger partial charge is 0.497 e. The number of methoxy groups -OCH3 is 2. The number of carbonyl (C=O) groups is 1. The maximum absolute atomic E-state index is 13.7. The van der Waals surface area contributed by atoms with Gasteiger partial charge in [-0.1, -0.05) is 11.6 Å². The molecule has 0 aromatic heterocycles. The third-order valence-electron chi connectivity index (χ3n) is 3.72. The Labute approximate surface area is 162 Å². The minimum Gasteiger partial charge on any atom is -0.497 e. The molecule has 2 N–H and O–H groups in total. The normalized spacial score (nSPS) is 17.8. The van der Waals surface area contributed by atoms with Gasteiger partial charge in [-0.25, -0.2) is 4.79 Å². The fraction of sp³-hybridized carbons (Fsp3) is 0.235. The number of urea groups is 1. The van der Waals surface area contributed by atoms with Crippen LogP contribution >= 0.6 is 11.6 Å². The summed E-state index contributed by atoms with van der Waals surface area (Å²) < 4.78 is 60.9. The number of nitrogens with one attached hydrogen (secondary N) is 2. The second-order valence-corrected chi connectivity index (χ2v) is 5.99. The third-order valence-corrected chi connectivity index (χ3v) is 3.96. The van der Waals surface area contributed by atoms with E-state index in [-0.39, 0.29) is 28.0 Å². The van der Waals surface area contributed by atoms with Gasteiger partial charge in [0.2, 0.25) is 0 Å². The molecule has 1 unspecified atom stereocenters. The summed E-state index contributed by atoms with van der Waals surface area (Å²) in [5.41, 5.74) is 0.108. The van der Waals surface area contributed by atoms with Gasteiger partial charge in [0.15, 0.2) is 11.5 Å². The number of alkyl halides is 3. The molecule has 0 saturated carbocycles. The molecule has 3 rings (SSSR count). The molecule has 7 nitrogen and oxygen atoms in total. The summed E-state index contributed by atoms with van der Waals surface area (Å²) >= 11 is 5.76. The van der Waals surface area contributed by atoms with Crippen LogP contribution in [0.3, 0.4) is 0 Å². The van der Waals surface area contributed by atoms with E-state index >= 15 is 0 Å². The van der Waals surface area contributed by atoms with Crippen LogP contribution in [-0.2, 0) is 0 Å². The maximum Gasteiger partial charge on any atom is 0.492 e. The van der Waals surface area contributed by atoms with Crippen LogP contribution in [0.4, 0.5) is 23.7 Å². The van der Waals surface area contributed by atoms with E-state index in [1.807, 2.05) is 0 Å². The Bertz CT molecular complexity index is 909. The van der Waals surface area contributed by atoms with Crippen LogP contribution in [0.5, 0.6) is 23.0 Å². The average Bonchev–Trinajstić information content (AvgIpc) is 3.00. The predicted octanol–water partition coefficient (Wildman–Crippen LogP) is 4.17. The summed E-state index contributed by atoms with van der Waals surface area (Å²) in [6, 6.07) is 6.81. The SMILES string of the molecule is COc1ccc(NC(=O)NC2(C(F)(F)F)Oc3ccc(Cl)cc3O2)c(OC)c1. The van der Waals surface area contributed by atoms with Crippen molar-refractivity contribution in [3.8, 4) is 23.0 Å². The van der Waals surface area contributed by atoms with E-state index in [1.165, 1.54) is 44.6 Å². The first-order valence-corrected chi connectivity index (χ1v) is 8.11. The molecule has 0 spiro atoms. The minimum atomic E-state index is -5.10. The lowest BCUT2D eigenvalue weighted by Crippen LogP contribution is -2.65. The second kappa shape index (κ2) is 7.19. The molecule has 2 amide bonds. The highest BCUT2D eigenvalue weighted by Crippen LogP contribution is 2.46. The summed E-state index contributed by atoms with van der Waals surface area (Å²) in [5.74, 6) is -3.27. The molecule has 0 aliphatic carbocycles. The van der Waals surface area contributed by atoms with Crippen molar-refractivity contribution >= 4 is 23.3 Å². The van der Waals surface area contributed by atoms with Gasteiger partial charge in [0.25, 0.3) is 0 Å². The summed E-state index contributed by atoms with van der Waals surface area (Å²) in [7, 11) is 2.76. The molecule has 1 heterocycles. The molecular formula is C17H14ClF3N2O5. The van der Waals surface area contributed by atoms with Crippen LogP contribution in [0.2, 0.25) is 5.02 Å². The number of carbonyl (C=O) groups excluding carboxylic acids is 1. The van der Waals surface area contributed by atoms with Gasteiger partial charge in [-0.3, -0.25) is 5.32 Å². The predicted molar refractivity (Wildman–Crippen MR) is 93.2 cm³/mol. The van der Waals surface area contributed by atoms with Crippen molar-refractivity contribution in [1.29, 1.82) is 0 Å². The Hall–Kier alpha value is -3.01. The van der Waals surface area contributed by atoms with Crippen LogP contribution in [-0.4, -0.2) is 32.3 Å². The quantitative estimate of drug-likeness (QED) is 0.779. The molecule has 150 valence electrons. The molecule has 0 bridgehead atoms. The first-order valence-electron chi connectivity index (χ1n) is 7.73. The molecule has 2 aromatic rings. The van der Waals surface area contributed by atoms with Crippen molar-refractivity contribution < 1.29 is 36.9 Å². The van der Waals surface area contributed by atoms with E-state index in [1.54, 1.807) is 5.32 Å². The van der Waals surface area contributed by atoms with E-state index in [4.69, 9.17) is 30.5 Å². The van der Waals surface area contributed by atoms with Gasteiger partial charge in [0.05, 0.1) is 19.9 Å². The van der Waals surface area contributed by atoms with Crippen molar-refractivity contribution in [1.82, 2.24) is 5.32 Å². The average molecular weight is 419 g/mol. The Morgan fingerprint density at radius 2 is 1.79 bits per heavy atom. The molecule has 1 aliphatic heterocycles. The standard InChI is InChI=1S/C17H14ClF3N2O5/c1-25-10-4-5-11(13(8-10)26-2)22-15(24)23-17(16(19,20)21)27-12-6-3-9(18)7-14(12)28-17/h3-8H,1-2H3,(H2,22,23,24). The molecule has 1 aliphatic rings. The third kappa shape index (κ3) is 3.68. The van der Waals surface area contributed by atoms with Crippen LogP contribution in [0.15, 0.2) is 36.4 Å². The van der Waals surface area contributed by atoms with Gasteiger partial charge in [-0.15, -0.1) is 0 Å². The van der Waals surface area contributed by atoms with Crippen molar-refractivity contribution in [3.05, 3.63) is 41.4 Å². The highest BCUT2D eigenvalue weighted by Gasteiger charge is 2.65. The number of anilines is 1. The number of benzene rings is 2. The van der Waals surface area contributed by atoms with E-state index in [9.17, 15) is 18.0 Å². The molecular weight excluding hydrogens is 405 g/mol. The van der Waals surface area contributed by atoms with Gasteiger partial charge < -0.3 is 24.3 Å². The smallest absolute Gasteiger partial charge is 0.492 e. The Kier molecular flexibility index (Phi) is 5.07. The van der Waals surface area contributed by atoms with E-state index in [2.05, 4.69) is 5.32 Å². The van der Waals surface area contributed by atoms with Crippen LogP contribution in [0.25, 0.3) is 0 Å². The number of hydrogen-bond donors (Lipinski definition) is 2. The number of hydrogen-bond acceptors (Lipinski definition) is 5. The van der Waals surface area contributed by atoms with Crippen molar-refractivity contribution in [2.45, 2.75) is 12.1 Å². The summed E-state index contributed by atoms with van der Waals surface area (Å²) in [6.07, 6.45) is -5.10. The zero-order chi connectivity index (χ0) is 20.5. The van der Waals surface area contributed by atoms with Crippen molar-refractivity contribution in [2.24, 2.45) is 0 Å². The summed E-state index contributed by atoms with van der Waals surface area (Å²) in [5, 5.41) is 4.08. The maximum atomic E-state index is 13.7. The van der Waals surface area contributed by atoms with Crippen molar-refractivity contribution in [3.63, 3.8) is 0 Å². The van der Waals surface area contributed by atoms with Gasteiger partial charge in [0, 0.05) is 17.2 Å². The zero-order valence-corrected chi connectivity index (χ0v) is 15.3. The van der Waals surface area contributed by atoms with E-state index < -0.39 is 18.1 Å². The topological polar surface area (TPSA) is 78.1 Å². The van der Waals surface area contributed by atoms with Crippen LogP contribution in [0, 0.1) is 0 Å². The lowest BCUT2D eigenvalue weighted by molar-refractivity contribution is -0.317. The van der Waals surface area contributed by atoms with Gasteiger partial charge in [-0.2, -0.15) is 13.2 Å². The lowest BCUT2D eigenvalue weighted by Gasteiger charge is -2.29. The number of rotatable bonds is 4. The Balaban J connectivity index is 1.83. The molecule has 0 saturated heterocycles. The summed E-state index contributed by atoms with van der Waals surface area (Å²) in [6.45, 7) is 0. The fourth-order valence-electron chi connectivity index (χ4n) is 2.42. The minimum absolute atomic E-state index is 0.108. The van der Waals surface area contributed by atoms with Gasteiger partial charge >= 0.3 is 18.1 Å².